The predicted octanol–water partition coefficient (Wildman–Crippen LogP) is 0.134. The minimum Gasteiger partial charge on any atom is -0.481 e. The van der Waals surface area contributed by atoms with Gasteiger partial charge in [-0.25, -0.2) is 8.42 Å². The van der Waals surface area contributed by atoms with Gasteiger partial charge in [-0.3, -0.25) is 9.59 Å². The Morgan fingerprint density at radius 1 is 1.44 bits per heavy atom. The van der Waals surface area contributed by atoms with Crippen LogP contribution < -0.4 is 0 Å². The van der Waals surface area contributed by atoms with Crippen molar-refractivity contribution in [3.8, 4) is 0 Å². The van der Waals surface area contributed by atoms with E-state index in [1.165, 1.54) is 4.90 Å². The van der Waals surface area contributed by atoms with E-state index in [0.717, 1.165) is 0 Å². The highest BCUT2D eigenvalue weighted by atomic mass is 32.2. The van der Waals surface area contributed by atoms with Crippen molar-refractivity contribution in [1.29, 1.82) is 0 Å². The third kappa shape index (κ3) is 4.29. The van der Waals surface area contributed by atoms with Gasteiger partial charge in [-0.1, -0.05) is 6.92 Å². The molecule has 0 spiro atoms. The van der Waals surface area contributed by atoms with Crippen LogP contribution in [0.25, 0.3) is 0 Å². The van der Waals surface area contributed by atoms with Crippen LogP contribution in [0.15, 0.2) is 0 Å². The zero-order valence-electron chi connectivity index (χ0n) is 10.5. The van der Waals surface area contributed by atoms with Gasteiger partial charge in [0.05, 0.1) is 11.7 Å². The van der Waals surface area contributed by atoms with Crippen molar-refractivity contribution in [2.24, 2.45) is 5.92 Å². The lowest BCUT2D eigenvalue weighted by atomic mass is 9.98. The van der Waals surface area contributed by atoms with Gasteiger partial charge in [0.15, 0.2) is 9.84 Å². The molecule has 1 rings (SSSR count). The summed E-state index contributed by atoms with van der Waals surface area (Å²) in [6.07, 6.45) is 1.07. The van der Waals surface area contributed by atoms with Crippen LogP contribution in [0.4, 0.5) is 0 Å². The summed E-state index contributed by atoms with van der Waals surface area (Å²) in [6, 6.07) is 0. The lowest BCUT2D eigenvalue weighted by Gasteiger charge is -2.30. The maximum absolute atomic E-state index is 11.6. The summed E-state index contributed by atoms with van der Waals surface area (Å²) in [7, 11) is -3.13. The van der Waals surface area contributed by atoms with Crippen LogP contribution in [0.5, 0.6) is 0 Å². The highest BCUT2D eigenvalue weighted by Gasteiger charge is 2.30. The Bertz CT molecular complexity index is 417. The van der Waals surface area contributed by atoms with Crippen molar-refractivity contribution in [2.75, 3.05) is 24.6 Å². The molecule has 104 valence electrons. The van der Waals surface area contributed by atoms with E-state index >= 15 is 0 Å². The number of hydrogen-bond donors (Lipinski definition) is 1. The average Bonchev–Trinajstić information content (AvgIpc) is 2.27. The third-order valence-corrected chi connectivity index (χ3v) is 4.87. The zero-order chi connectivity index (χ0) is 13.8. The van der Waals surface area contributed by atoms with Crippen LogP contribution in [0, 0.1) is 5.92 Å². The van der Waals surface area contributed by atoms with E-state index in [-0.39, 0.29) is 36.9 Å². The molecule has 0 aromatic carbocycles. The number of aliphatic carboxylic acids is 1. The van der Waals surface area contributed by atoms with E-state index in [0.29, 0.717) is 12.8 Å². The number of carboxylic acids is 1. The average molecular weight is 277 g/mol. The largest absolute Gasteiger partial charge is 0.481 e. The summed E-state index contributed by atoms with van der Waals surface area (Å²) < 4.78 is 23.1. The summed E-state index contributed by atoms with van der Waals surface area (Å²) in [6.45, 7) is 2.00. The molecule has 1 heterocycles. The van der Waals surface area contributed by atoms with Gasteiger partial charge in [0.2, 0.25) is 5.91 Å². The number of carbonyl (C=O) groups is 2. The fraction of sp³-hybridized carbons (Fsp3) is 0.818. The van der Waals surface area contributed by atoms with Gasteiger partial charge in [-0.05, 0) is 12.8 Å². The van der Waals surface area contributed by atoms with Gasteiger partial charge in [0, 0.05) is 25.3 Å². The molecule has 1 atom stereocenters. The number of amides is 1. The second kappa shape index (κ2) is 6.17. The number of carbonyl (C=O) groups excluding carboxylic acids is 1. The molecule has 0 aliphatic carbocycles. The second-order valence-electron chi connectivity index (χ2n) is 4.57. The molecule has 1 amide bonds. The number of hydrogen-bond acceptors (Lipinski definition) is 4. The number of nitrogens with zero attached hydrogens (tertiary/aromatic N) is 1. The molecule has 0 aromatic rings. The van der Waals surface area contributed by atoms with Gasteiger partial charge >= 0.3 is 5.97 Å². The van der Waals surface area contributed by atoms with E-state index < -0.39 is 21.7 Å². The van der Waals surface area contributed by atoms with Crippen LogP contribution in [-0.2, 0) is 19.4 Å². The van der Waals surface area contributed by atoms with Crippen molar-refractivity contribution >= 4 is 21.7 Å². The maximum Gasteiger partial charge on any atom is 0.308 e. The molecular weight excluding hydrogens is 258 g/mol. The van der Waals surface area contributed by atoms with Gasteiger partial charge in [0.1, 0.15) is 0 Å². The monoisotopic (exact) mass is 277 g/mol. The predicted molar refractivity (Wildman–Crippen MR) is 65.9 cm³/mol. The van der Waals surface area contributed by atoms with E-state index in [2.05, 4.69) is 0 Å². The van der Waals surface area contributed by atoms with Crippen LogP contribution in [0.2, 0.25) is 0 Å². The smallest absolute Gasteiger partial charge is 0.308 e. The van der Waals surface area contributed by atoms with Crippen molar-refractivity contribution in [1.82, 2.24) is 4.90 Å². The van der Waals surface area contributed by atoms with Crippen LogP contribution in [0.3, 0.4) is 0 Å². The molecular formula is C11H19NO5S. The van der Waals surface area contributed by atoms with Crippen molar-refractivity contribution in [3.05, 3.63) is 0 Å². The van der Waals surface area contributed by atoms with Crippen LogP contribution in [0.1, 0.15) is 26.2 Å². The van der Waals surface area contributed by atoms with Crippen molar-refractivity contribution in [3.63, 3.8) is 0 Å². The fourth-order valence-electron chi connectivity index (χ4n) is 1.99. The Kier molecular flexibility index (Phi) is 5.13. The number of likely N-dealkylation sites (tertiary alicyclic amines) is 1. The minimum atomic E-state index is -3.13. The highest BCUT2D eigenvalue weighted by molar-refractivity contribution is 7.91. The van der Waals surface area contributed by atoms with Gasteiger partial charge < -0.3 is 10.0 Å². The molecule has 0 bridgehead atoms. The number of carboxylic acid groups (broad SMARTS) is 1. The molecule has 18 heavy (non-hydrogen) atoms. The fourth-order valence-corrected chi connectivity index (χ4v) is 3.32. The van der Waals surface area contributed by atoms with Gasteiger partial charge in [0.25, 0.3) is 0 Å². The first kappa shape index (κ1) is 14.9. The highest BCUT2D eigenvalue weighted by Crippen LogP contribution is 2.17. The normalized spacial score (nSPS) is 21.1. The third-order valence-electron chi connectivity index (χ3n) is 3.04. The second-order valence-corrected chi connectivity index (χ2v) is 6.87. The molecule has 0 aromatic heterocycles. The molecule has 1 saturated heterocycles. The zero-order valence-corrected chi connectivity index (χ0v) is 11.3. The molecule has 1 aliphatic rings. The summed E-state index contributed by atoms with van der Waals surface area (Å²) in [4.78, 5) is 23.8. The van der Waals surface area contributed by atoms with Gasteiger partial charge in [-0.15, -0.1) is 0 Å². The lowest BCUT2D eigenvalue weighted by molar-refractivity contribution is -0.147. The first-order chi connectivity index (χ1) is 8.35. The number of rotatable bonds is 6. The molecule has 0 saturated carbocycles. The first-order valence-electron chi connectivity index (χ1n) is 6.06. The minimum absolute atomic E-state index is 0.0844. The lowest BCUT2D eigenvalue weighted by Crippen LogP contribution is -2.44. The molecule has 1 unspecified atom stereocenters. The molecule has 7 heteroatoms. The Labute approximate surface area is 107 Å². The summed E-state index contributed by atoms with van der Waals surface area (Å²) >= 11 is 0. The topological polar surface area (TPSA) is 91.8 Å². The van der Waals surface area contributed by atoms with E-state index in [1.54, 1.807) is 6.92 Å². The number of sulfone groups is 1. The molecule has 1 N–H and O–H groups in total. The van der Waals surface area contributed by atoms with E-state index in [1.807, 2.05) is 0 Å². The van der Waals surface area contributed by atoms with E-state index in [9.17, 15) is 18.0 Å². The Morgan fingerprint density at radius 3 is 2.67 bits per heavy atom. The molecule has 1 aliphatic heterocycles. The SMILES string of the molecule is CCCS(=O)(=O)CCN1CC(C(=O)O)CCC1=O. The first-order valence-corrected chi connectivity index (χ1v) is 7.89. The van der Waals surface area contributed by atoms with Crippen molar-refractivity contribution < 1.29 is 23.1 Å². The summed E-state index contributed by atoms with van der Waals surface area (Å²) in [5.74, 6) is -1.63. The molecule has 1 fully saturated rings. The maximum atomic E-state index is 11.6. The Balaban J connectivity index is 2.54. The molecule has 0 radical (unpaired) electrons. The standard InChI is InChI=1S/C11H19NO5S/c1-2-6-18(16,17)7-5-12-8-9(11(14)15)3-4-10(12)13/h9H,2-8H2,1H3,(H,14,15). The summed E-state index contributed by atoms with van der Waals surface area (Å²) in [5.41, 5.74) is 0. The van der Waals surface area contributed by atoms with Crippen LogP contribution in [-0.4, -0.2) is 54.9 Å². The quantitative estimate of drug-likeness (QED) is 0.745. The van der Waals surface area contributed by atoms with E-state index in [4.69, 9.17) is 5.11 Å². The number of piperidine rings is 1. The summed E-state index contributed by atoms with van der Waals surface area (Å²) in [5, 5.41) is 8.90. The molecule has 6 nitrogen and oxygen atoms in total. The Hall–Kier alpha value is -1.11. The van der Waals surface area contributed by atoms with Gasteiger partial charge in [-0.2, -0.15) is 0 Å². The van der Waals surface area contributed by atoms with Crippen LogP contribution >= 0.6 is 0 Å². The Morgan fingerprint density at radius 2 is 2.11 bits per heavy atom. The van der Waals surface area contributed by atoms with Crippen molar-refractivity contribution in [2.45, 2.75) is 26.2 Å².